The topological polar surface area (TPSA) is 64.4 Å². The van der Waals surface area contributed by atoms with Crippen LogP contribution in [0.25, 0.3) is 0 Å². The highest BCUT2D eigenvalue weighted by molar-refractivity contribution is 5.62. The van der Waals surface area contributed by atoms with Gasteiger partial charge in [0.25, 0.3) is 5.69 Å². The molecule has 0 unspecified atom stereocenters. The molecule has 110 valence electrons. The lowest BCUT2D eigenvalue weighted by atomic mass is 10.1. The Balaban J connectivity index is 2.24. The molecule has 0 bridgehead atoms. The van der Waals surface area contributed by atoms with Gasteiger partial charge in [0.15, 0.2) is 0 Å². The molecule has 0 aliphatic heterocycles. The average molecular weight is 286 g/mol. The van der Waals surface area contributed by atoms with E-state index in [0.717, 1.165) is 22.4 Å². The maximum Gasteiger partial charge on any atom is 0.292 e. The van der Waals surface area contributed by atoms with Gasteiger partial charge in [-0.25, -0.2) is 0 Å². The molecule has 0 spiro atoms. The molecule has 0 saturated carbocycles. The number of nitro groups is 1. The van der Waals surface area contributed by atoms with Crippen molar-refractivity contribution in [3.63, 3.8) is 0 Å². The Morgan fingerprint density at radius 2 is 1.81 bits per heavy atom. The predicted octanol–water partition coefficient (Wildman–Crippen LogP) is 3.83. The summed E-state index contributed by atoms with van der Waals surface area (Å²) in [4.78, 5) is 10.7. The lowest BCUT2D eigenvalue weighted by Crippen LogP contribution is -2.04. The van der Waals surface area contributed by atoms with Crippen LogP contribution < -0.4 is 10.1 Å². The fraction of sp³-hybridized carbons (Fsp3) is 0.250. The van der Waals surface area contributed by atoms with Crippen molar-refractivity contribution in [2.75, 3.05) is 12.4 Å². The van der Waals surface area contributed by atoms with E-state index in [4.69, 9.17) is 4.74 Å². The van der Waals surface area contributed by atoms with E-state index >= 15 is 0 Å². The largest absolute Gasteiger partial charge is 0.496 e. The Labute approximate surface area is 123 Å². The number of nitro benzene ring substituents is 1. The Morgan fingerprint density at radius 1 is 1.14 bits per heavy atom. The van der Waals surface area contributed by atoms with Crippen molar-refractivity contribution < 1.29 is 9.66 Å². The first kappa shape index (κ1) is 14.8. The van der Waals surface area contributed by atoms with Crippen LogP contribution in [-0.4, -0.2) is 12.0 Å². The first-order valence-corrected chi connectivity index (χ1v) is 6.63. The van der Waals surface area contributed by atoms with E-state index in [1.54, 1.807) is 19.2 Å². The van der Waals surface area contributed by atoms with Crippen LogP contribution in [0.15, 0.2) is 36.4 Å². The minimum Gasteiger partial charge on any atom is -0.496 e. The van der Waals surface area contributed by atoms with Crippen molar-refractivity contribution in [2.24, 2.45) is 0 Å². The van der Waals surface area contributed by atoms with Crippen LogP contribution in [0.5, 0.6) is 5.75 Å². The van der Waals surface area contributed by atoms with E-state index in [-0.39, 0.29) is 10.6 Å². The zero-order chi connectivity index (χ0) is 15.4. The number of hydrogen-bond donors (Lipinski definition) is 1. The van der Waals surface area contributed by atoms with Crippen LogP contribution in [0.3, 0.4) is 0 Å². The number of nitrogens with zero attached hydrogens (tertiary/aromatic N) is 1. The Hall–Kier alpha value is -2.56. The number of anilines is 1. The van der Waals surface area contributed by atoms with Crippen molar-refractivity contribution in [3.8, 4) is 5.75 Å². The van der Waals surface area contributed by atoms with Crippen molar-refractivity contribution in [3.05, 3.63) is 63.2 Å². The summed E-state index contributed by atoms with van der Waals surface area (Å²) in [7, 11) is 1.61. The molecule has 2 aromatic carbocycles. The second kappa shape index (κ2) is 6.26. The quantitative estimate of drug-likeness (QED) is 0.670. The molecule has 2 aromatic rings. The summed E-state index contributed by atoms with van der Waals surface area (Å²) in [6.07, 6.45) is 0. The third-order valence-electron chi connectivity index (χ3n) is 3.26. The molecule has 5 heteroatoms. The van der Waals surface area contributed by atoms with Crippen LogP contribution in [-0.2, 0) is 6.54 Å². The van der Waals surface area contributed by atoms with Gasteiger partial charge in [-0.05, 0) is 31.5 Å². The van der Waals surface area contributed by atoms with Crippen LogP contribution in [0.1, 0.15) is 16.7 Å². The Bertz CT molecular complexity index is 669. The zero-order valence-corrected chi connectivity index (χ0v) is 12.3. The molecule has 5 nitrogen and oxygen atoms in total. The van der Waals surface area contributed by atoms with E-state index in [2.05, 4.69) is 5.32 Å². The van der Waals surface area contributed by atoms with Crippen LogP contribution in [0.4, 0.5) is 11.4 Å². The van der Waals surface area contributed by atoms with Crippen molar-refractivity contribution in [1.82, 2.24) is 0 Å². The SMILES string of the molecule is COc1ccc(C)cc1CNc1ccc(C)cc1[N+](=O)[O-]. The lowest BCUT2D eigenvalue weighted by molar-refractivity contribution is -0.384. The molecule has 0 aliphatic rings. The normalized spacial score (nSPS) is 10.2. The summed E-state index contributed by atoms with van der Waals surface area (Å²) < 4.78 is 5.31. The summed E-state index contributed by atoms with van der Waals surface area (Å²) >= 11 is 0. The highest BCUT2D eigenvalue weighted by Crippen LogP contribution is 2.27. The number of rotatable bonds is 5. The van der Waals surface area contributed by atoms with Gasteiger partial charge in [-0.1, -0.05) is 23.8 Å². The first-order chi connectivity index (χ1) is 10.0. The molecule has 0 saturated heterocycles. The number of benzene rings is 2. The van der Waals surface area contributed by atoms with Gasteiger partial charge in [-0.2, -0.15) is 0 Å². The maximum absolute atomic E-state index is 11.1. The third kappa shape index (κ3) is 3.51. The second-order valence-electron chi connectivity index (χ2n) is 4.95. The minimum atomic E-state index is -0.372. The van der Waals surface area contributed by atoms with Crippen LogP contribution in [0, 0.1) is 24.0 Å². The van der Waals surface area contributed by atoms with Gasteiger partial charge in [0.2, 0.25) is 0 Å². The number of hydrogen-bond acceptors (Lipinski definition) is 4. The lowest BCUT2D eigenvalue weighted by Gasteiger charge is -2.12. The van der Waals surface area contributed by atoms with E-state index in [0.29, 0.717) is 12.2 Å². The smallest absolute Gasteiger partial charge is 0.292 e. The van der Waals surface area contributed by atoms with Crippen molar-refractivity contribution in [1.29, 1.82) is 0 Å². The second-order valence-corrected chi connectivity index (χ2v) is 4.95. The number of ether oxygens (including phenoxy) is 1. The standard InChI is InChI=1S/C16H18N2O3/c1-11-5-7-16(21-3)13(8-11)10-17-14-6-4-12(2)9-15(14)18(19)20/h4-9,17H,10H2,1-3H3. The Kier molecular flexibility index (Phi) is 4.42. The summed E-state index contributed by atoms with van der Waals surface area (Å²) in [6, 6.07) is 11.0. The monoisotopic (exact) mass is 286 g/mol. The number of methoxy groups -OCH3 is 1. The van der Waals surface area contributed by atoms with E-state index in [1.165, 1.54) is 0 Å². The highest BCUT2D eigenvalue weighted by atomic mass is 16.6. The van der Waals surface area contributed by atoms with Crippen LogP contribution >= 0.6 is 0 Å². The summed E-state index contributed by atoms with van der Waals surface area (Å²) in [6.45, 7) is 4.30. The van der Waals surface area contributed by atoms with Gasteiger partial charge in [0.05, 0.1) is 12.0 Å². The molecule has 0 aliphatic carbocycles. The Morgan fingerprint density at radius 3 is 2.48 bits per heavy atom. The maximum atomic E-state index is 11.1. The molecule has 0 fully saturated rings. The van der Waals surface area contributed by atoms with Crippen molar-refractivity contribution in [2.45, 2.75) is 20.4 Å². The predicted molar refractivity (Wildman–Crippen MR) is 82.9 cm³/mol. The summed E-state index contributed by atoms with van der Waals surface area (Å²) in [5, 5.41) is 14.2. The summed E-state index contributed by atoms with van der Waals surface area (Å²) in [5.41, 5.74) is 3.54. The van der Waals surface area contributed by atoms with Gasteiger partial charge >= 0.3 is 0 Å². The molecule has 0 heterocycles. The number of aryl methyl sites for hydroxylation is 2. The fourth-order valence-corrected chi connectivity index (χ4v) is 2.18. The highest BCUT2D eigenvalue weighted by Gasteiger charge is 2.14. The molecule has 0 aromatic heterocycles. The van der Waals surface area contributed by atoms with Gasteiger partial charge in [0, 0.05) is 18.2 Å². The van der Waals surface area contributed by atoms with Gasteiger partial charge < -0.3 is 10.1 Å². The molecule has 1 N–H and O–H groups in total. The molecule has 2 rings (SSSR count). The van der Waals surface area contributed by atoms with Gasteiger partial charge in [0.1, 0.15) is 11.4 Å². The van der Waals surface area contributed by atoms with Gasteiger partial charge in [-0.15, -0.1) is 0 Å². The van der Waals surface area contributed by atoms with E-state index in [9.17, 15) is 10.1 Å². The first-order valence-electron chi connectivity index (χ1n) is 6.63. The third-order valence-corrected chi connectivity index (χ3v) is 3.26. The molecular weight excluding hydrogens is 268 g/mol. The van der Waals surface area contributed by atoms with Crippen LogP contribution in [0.2, 0.25) is 0 Å². The van der Waals surface area contributed by atoms with Crippen molar-refractivity contribution >= 4 is 11.4 Å². The molecule has 0 amide bonds. The summed E-state index contributed by atoms with van der Waals surface area (Å²) in [5.74, 6) is 0.767. The minimum absolute atomic E-state index is 0.0848. The number of nitrogens with one attached hydrogen (secondary N) is 1. The fourth-order valence-electron chi connectivity index (χ4n) is 2.18. The molecular formula is C16H18N2O3. The molecule has 0 atom stereocenters. The molecule has 21 heavy (non-hydrogen) atoms. The average Bonchev–Trinajstić information content (AvgIpc) is 2.46. The van der Waals surface area contributed by atoms with Gasteiger partial charge in [-0.3, -0.25) is 10.1 Å². The van der Waals surface area contributed by atoms with E-state index < -0.39 is 0 Å². The zero-order valence-electron chi connectivity index (χ0n) is 12.3. The molecule has 0 radical (unpaired) electrons. The van der Waals surface area contributed by atoms with E-state index in [1.807, 2.05) is 38.1 Å².